The Kier molecular flexibility index (Phi) is 9.09. The number of H-pyrrole nitrogens is 1. The number of para-hydroxylation sites is 1. The summed E-state index contributed by atoms with van der Waals surface area (Å²) in [6.45, 7) is 2.42. The lowest BCUT2D eigenvalue weighted by atomic mass is 9.97. The van der Waals surface area contributed by atoms with Gasteiger partial charge in [-0.25, -0.2) is 9.18 Å². The molecule has 0 saturated carbocycles. The number of esters is 1. The van der Waals surface area contributed by atoms with Crippen LogP contribution in [0.5, 0.6) is 0 Å². The number of nitrogens with one attached hydrogen (secondary N) is 4. The minimum absolute atomic E-state index is 0.0936. The van der Waals surface area contributed by atoms with Crippen LogP contribution >= 0.6 is 0 Å². The summed E-state index contributed by atoms with van der Waals surface area (Å²) in [6.07, 6.45) is 3.69. The lowest BCUT2D eigenvalue weighted by Gasteiger charge is -2.23. The molecule has 3 aromatic rings. The van der Waals surface area contributed by atoms with Crippen molar-refractivity contribution in [3.8, 4) is 0 Å². The maximum absolute atomic E-state index is 13.5. The molecule has 0 bridgehead atoms. The summed E-state index contributed by atoms with van der Waals surface area (Å²) in [6, 6.07) is 13.1. The number of halogens is 1. The summed E-state index contributed by atoms with van der Waals surface area (Å²) in [5.41, 5.74) is 1.71. The van der Waals surface area contributed by atoms with Crippen molar-refractivity contribution in [3.05, 3.63) is 83.8 Å². The van der Waals surface area contributed by atoms with E-state index in [9.17, 15) is 23.6 Å². The highest BCUT2D eigenvalue weighted by molar-refractivity contribution is 6.00. The first-order chi connectivity index (χ1) is 18.8. The van der Waals surface area contributed by atoms with Crippen LogP contribution < -0.4 is 16.0 Å². The Hall–Kier alpha value is -4.47. The zero-order valence-electron chi connectivity index (χ0n) is 21.5. The Morgan fingerprint density at radius 3 is 2.59 bits per heavy atom. The van der Waals surface area contributed by atoms with E-state index in [1.807, 2.05) is 24.3 Å². The van der Waals surface area contributed by atoms with Crippen LogP contribution in [0.25, 0.3) is 10.9 Å². The summed E-state index contributed by atoms with van der Waals surface area (Å²) in [5.74, 6) is -2.43. The van der Waals surface area contributed by atoms with Gasteiger partial charge in [0.2, 0.25) is 11.8 Å². The van der Waals surface area contributed by atoms with Gasteiger partial charge in [0.05, 0.1) is 6.61 Å². The van der Waals surface area contributed by atoms with Crippen LogP contribution in [0.15, 0.2) is 66.7 Å². The lowest BCUT2D eigenvalue weighted by Crippen LogP contribution is -2.51. The lowest BCUT2D eigenvalue weighted by molar-refractivity contribution is -0.137. The molecule has 4 N–H and O–H groups in total. The molecule has 1 aromatic heterocycles. The average Bonchev–Trinajstić information content (AvgIpc) is 3.54. The topological polar surface area (TPSA) is 129 Å². The highest BCUT2D eigenvalue weighted by Crippen LogP contribution is 2.18. The monoisotopic (exact) mass is 534 g/mol. The van der Waals surface area contributed by atoms with Gasteiger partial charge in [-0.05, 0) is 49.6 Å². The number of carbonyl (C=O) groups excluding carboxylic acids is 4. The van der Waals surface area contributed by atoms with Crippen LogP contribution in [0, 0.1) is 11.7 Å². The second-order valence-electron chi connectivity index (χ2n) is 9.37. The van der Waals surface area contributed by atoms with Gasteiger partial charge in [-0.3, -0.25) is 14.4 Å². The molecule has 0 aliphatic carbocycles. The van der Waals surface area contributed by atoms with E-state index < -0.39 is 35.7 Å². The molecule has 1 aliphatic rings. The Morgan fingerprint density at radius 1 is 1.13 bits per heavy atom. The molecule has 3 amide bonds. The van der Waals surface area contributed by atoms with Crippen LogP contribution in [0.1, 0.15) is 35.8 Å². The molecular weight excluding hydrogens is 503 g/mol. The molecule has 4 rings (SSSR count). The third-order valence-electron chi connectivity index (χ3n) is 6.53. The second kappa shape index (κ2) is 12.9. The quantitative estimate of drug-likeness (QED) is 0.222. The van der Waals surface area contributed by atoms with Crippen LogP contribution in [-0.4, -0.2) is 53.9 Å². The number of benzene rings is 2. The molecule has 204 valence electrons. The molecule has 0 spiro atoms. The smallest absolute Gasteiger partial charge is 0.330 e. The zero-order chi connectivity index (χ0) is 27.8. The van der Waals surface area contributed by atoms with Gasteiger partial charge in [-0.1, -0.05) is 36.4 Å². The first-order valence-electron chi connectivity index (χ1n) is 12.9. The van der Waals surface area contributed by atoms with E-state index in [1.165, 1.54) is 24.3 Å². The number of aromatic nitrogens is 1. The van der Waals surface area contributed by atoms with Crippen LogP contribution in [0.2, 0.25) is 0 Å². The van der Waals surface area contributed by atoms with Crippen molar-refractivity contribution in [1.82, 2.24) is 20.9 Å². The third kappa shape index (κ3) is 7.53. The normalized spacial score (nSPS) is 16.6. The summed E-state index contributed by atoms with van der Waals surface area (Å²) < 4.78 is 18.4. The number of rotatable bonds is 11. The molecule has 39 heavy (non-hydrogen) atoms. The van der Waals surface area contributed by atoms with Gasteiger partial charge in [0.1, 0.15) is 17.6 Å². The molecule has 10 heteroatoms. The molecule has 1 saturated heterocycles. The van der Waals surface area contributed by atoms with E-state index in [0.29, 0.717) is 18.5 Å². The van der Waals surface area contributed by atoms with E-state index in [-0.39, 0.29) is 37.0 Å². The maximum atomic E-state index is 13.5. The Bertz CT molecular complexity index is 1330. The first-order valence-corrected chi connectivity index (χ1v) is 12.9. The van der Waals surface area contributed by atoms with Crippen molar-refractivity contribution in [2.45, 2.75) is 38.3 Å². The van der Waals surface area contributed by atoms with E-state index in [0.717, 1.165) is 10.9 Å². The first kappa shape index (κ1) is 27.6. The number of aromatic amines is 1. The molecule has 2 heterocycles. The molecule has 9 nitrogen and oxygen atoms in total. The van der Waals surface area contributed by atoms with Crippen molar-refractivity contribution < 1.29 is 28.3 Å². The fraction of sp³-hybridized carbons (Fsp3) is 0.310. The second-order valence-corrected chi connectivity index (χ2v) is 9.37. The highest BCUT2D eigenvalue weighted by Gasteiger charge is 2.29. The molecule has 0 unspecified atom stereocenters. The van der Waals surface area contributed by atoms with Crippen LogP contribution in [0.3, 0.4) is 0 Å². The van der Waals surface area contributed by atoms with Gasteiger partial charge in [-0.2, -0.15) is 0 Å². The number of amides is 3. The van der Waals surface area contributed by atoms with Crippen molar-refractivity contribution in [3.63, 3.8) is 0 Å². The molecule has 2 aromatic carbocycles. The molecule has 1 aliphatic heterocycles. The summed E-state index contributed by atoms with van der Waals surface area (Å²) in [5, 5.41) is 9.26. The zero-order valence-corrected chi connectivity index (χ0v) is 21.5. The van der Waals surface area contributed by atoms with Gasteiger partial charge in [0, 0.05) is 41.9 Å². The van der Waals surface area contributed by atoms with Crippen LogP contribution in [-0.2, 0) is 25.5 Å². The SMILES string of the molecule is CCOC(=O)/C=C/[C@H](C[C@@H]1CCNC1=O)NC(=O)[C@H](Cc1ccc(F)cc1)NC(=O)c1cc2ccccc2[nH]1. The predicted molar refractivity (Wildman–Crippen MR) is 143 cm³/mol. The maximum Gasteiger partial charge on any atom is 0.330 e. The molecule has 1 fully saturated rings. The standard InChI is InChI=1S/C29H31FN4O5/c1-2-39-26(35)12-11-22(16-20-13-14-31-27(20)36)32-28(37)24(15-18-7-9-21(30)10-8-18)34-29(38)25-17-19-5-3-4-6-23(19)33-25/h3-12,17,20,22,24,33H,2,13-16H2,1H3,(H,31,36)(H,32,37)(H,34,38)/b12-11+/t20-,22+,24-/m0/s1. The number of carbonyl (C=O) groups is 4. The fourth-order valence-electron chi connectivity index (χ4n) is 4.53. The Labute approximate surface area is 225 Å². The minimum atomic E-state index is -1.02. The van der Waals surface area contributed by atoms with Gasteiger partial charge >= 0.3 is 5.97 Å². The third-order valence-corrected chi connectivity index (χ3v) is 6.53. The van der Waals surface area contributed by atoms with Crippen molar-refractivity contribution in [2.24, 2.45) is 5.92 Å². The van der Waals surface area contributed by atoms with Crippen molar-refractivity contribution in [2.75, 3.05) is 13.2 Å². The van der Waals surface area contributed by atoms with Crippen LogP contribution in [0.4, 0.5) is 4.39 Å². The van der Waals surface area contributed by atoms with Crippen molar-refractivity contribution in [1.29, 1.82) is 0 Å². The van der Waals surface area contributed by atoms with Gasteiger partial charge in [0.25, 0.3) is 5.91 Å². The van der Waals surface area contributed by atoms with E-state index in [1.54, 1.807) is 25.1 Å². The number of hydrogen-bond acceptors (Lipinski definition) is 5. The molecule has 0 radical (unpaired) electrons. The van der Waals surface area contributed by atoms with Gasteiger partial charge < -0.3 is 25.7 Å². The van der Waals surface area contributed by atoms with E-state index in [2.05, 4.69) is 20.9 Å². The van der Waals surface area contributed by atoms with E-state index >= 15 is 0 Å². The van der Waals surface area contributed by atoms with E-state index in [4.69, 9.17) is 4.74 Å². The Morgan fingerprint density at radius 2 is 1.90 bits per heavy atom. The molecule has 3 atom stereocenters. The van der Waals surface area contributed by atoms with Gasteiger partial charge in [-0.15, -0.1) is 0 Å². The fourth-order valence-corrected chi connectivity index (χ4v) is 4.53. The number of fused-ring (bicyclic) bond motifs is 1. The van der Waals surface area contributed by atoms with Gasteiger partial charge in [0.15, 0.2) is 0 Å². The minimum Gasteiger partial charge on any atom is -0.463 e. The summed E-state index contributed by atoms with van der Waals surface area (Å²) in [4.78, 5) is 53.8. The largest absolute Gasteiger partial charge is 0.463 e. The van der Waals surface area contributed by atoms with Crippen molar-refractivity contribution >= 4 is 34.6 Å². The summed E-state index contributed by atoms with van der Waals surface area (Å²) >= 11 is 0. The average molecular weight is 535 g/mol. The Balaban J connectivity index is 1.54. The number of ether oxygens (including phenoxy) is 1. The highest BCUT2D eigenvalue weighted by atomic mass is 19.1. The predicted octanol–water partition coefficient (Wildman–Crippen LogP) is 2.78. The molecular formula is C29H31FN4O5. The number of hydrogen-bond donors (Lipinski definition) is 4. The summed E-state index contributed by atoms with van der Waals surface area (Å²) in [7, 11) is 0.